The van der Waals surface area contributed by atoms with Gasteiger partial charge in [0.05, 0.1) is 12.7 Å². The molecule has 0 saturated heterocycles. The van der Waals surface area contributed by atoms with Crippen LogP contribution >= 0.6 is 0 Å². The van der Waals surface area contributed by atoms with Crippen LogP contribution in [-0.2, 0) is 11.5 Å². The van der Waals surface area contributed by atoms with Gasteiger partial charge in [0.1, 0.15) is 12.9 Å². The van der Waals surface area contributed by atoms with E-state index in [2.05, 4.69) is 14.9 Å². The van der Waals surface area contributed by atoms with Crippen LogP contribution in [0.25, 0.3) is 0 Å². The first kappa shape index (κ1) is 7.90. The molecule has 0 aliphatic carbocycles. The van der Waals surface area contributed by atoms with Gasteiger partial charge >= 0.3 is 0 Å². The lowest BCUT2D eigenvalue weighted by molar-refractivity contribution is -0.253. The Morgan fingerprint density at radius 1 is 1.64 bits per heavy atom. The fourth-order valence-electron chi connectivity index (χ4n) is 0.700. The van der Waals surface area contributed by atoms with Gasteiger partial charge in [-0.3, -0.25) is 5.26 Å². The van der Waals surface area contributed by atoms with Crippen molar-refractivity contribution in [1.82, 2.24) is 9.97 Å². The molecule has 0 unspecified atom stereocenters. The van der Waals surface area contributed by atoms with Gasteiger partial charge < -0.3 is 4.74 Å². The zero-order valence-corrected chi connectivity index (χ0v) is 6.02. The van der Waals surface area contributed by atoms with Crippen molar-refractivity contribution >= 4 is 0 Å². The average molecular weight is 156 g/mol. The normalized spacial score (nSPS) is 9.64. The monoisotopic (exact) mass is 156 g/mol. The molecule has 0 saturated carbocycles. The number of hydrogen-bond donors (Lipinski definition) is 1. The summed E-state index contributed by atoms with van der Waals surface area (Å²) < 4.78 is 4.86. The van der Waals surface area contributed by atoms with Crippen LogP contribution in [0.15, 0.2) is 12.5 Å². The summed E-state index contributed by atoms with van der Waals surface area (Å²) in [5.41, 5.74) is 0.609. The Bertz CT molecular complexity index is 229. The third-order valence-corrected chi connectivity index (χ3v) is 1.16. The minimum atomic E-state index is 0.0318. The Morgan fingerprint density at radius 2 is 2.45 bits per heavy atom. The van der Waals surface area contributed by atoms with E-state index in [0.717, 1.165) is 0 Å². The van der Waals surface area contributed by atoms with Crippen LogP contribution in [0.5, 0.6) is 5.88 Å². The van der Waals surface area contributed by atoms with E-state index >= 15 is 0 Å². The first-order valence-corrected chi connectivity index (χ1v) is 2.97. The van der Waals surface area contributed by atoms with Crippen molar-refractivity contribution < 1.29 is 14.9 Å². The highest BCUT2D eigenvalue weighted by atomic mass is 17.1. The van der Waals surface area contributed by atoms with Crippen LogP contribution in [0.3, 0.4) is 0 Å². The Morgan fingerprint density at radius 3 is 3.09 bits per heavy atom. The third kappa shape index (κ3) is 1.86. The molecule has 1 aromatic rings. The fourth-order valence-corrected chi connectivity index (χ4v) is 0.700. The maximum atomic E-state index is 8.13. The minimum Gasteiger partial charge on any atom is -0.481 e. The van der Waals surface area contributed by atoms with E-state index in [1.807, 2.05) is 0 Å². The number of hydrogen-bond acceptors (Lipinski definition) is 5. The molecule has 5 heteroatoms. The first-order chi connectivity index (χ1) is 5.38. The molecule has 0 aromatic carbocycles. The van der Waals surface area contributed by atoms with Gasteiger partial charge in [-0.2, -0.15) is 0 Å². The summed E-state index contributed by atoms with van der Waals surface area (Å²) in [5.74, 6) is 0.411. The molecule has 1 heterocycles. The summed E-state index contributed by atoms with van der Waals surface area (Å²) in [5, 5.41) is 8.13. The van der Waals surface area contributed by atoms with E-state index in [4.69, 9.17) is 9.99 Å². The molecular formula is C6H8N2O3. The lowest BCUT2D eigenvalue weighted by atomic mass is 10.3. The lowest BCUT2D eigenvalue weighted by Gasteiger charge is -2.02. The molecule has 0 aliphatic rings. The van der Waals surface area contributed by atoms with Gasteiger partial charge in [0, 0.05) is 6.20 Å². The molecule has 5 nitrogen and oxygen atoms in total. The van der Waals surface area contributed by atoms with Gasteiger partial charge in [-0.25, -0.2) is 14.9 Å². The van der Waals surface area contributed by atoms with Crippen LogP contribution in [0, 0.1) is 0 Å². The highest BCUT2D eigenvalue weighted by Crippen LogP contribution is 2.11. The second kappa shape index (κ2) is 3.85. The molecule has 1 aromatic heterocycles. The number of nitrogens with zero attached hydrogens (tertiary/aromatic N) is 2. The Labute approximate surface area is 63.6 Å². The van der Waals surface area contributed by atoms with E-state index in [9.17, 15) is 0 Å². The number of ether oxygens (including phenoxy) is 1. The number of aromatic nitrogens is 2. The second-order valence-corrected chi connectivity index (χ2v) is 1.83. The van der Waals surface area contributed by atoms with E-state index in [1.165, 1.54) is 19.6 Å². The first-order valence-electron chi connectivity index (χ1n) is 2.97. The molecule has 0 atom stereocenters. The van der Waals surface area contributed by atoms with Crippen molar-refractivity contribution in [2.45, 2.75) is 6.61 Å². The van der Waals surface area contributed by atoms with Gasteiger partial charge in [0.25, 0.3) is 0 Å². The molecule has 1 rings (SSSR count). The van der Waals surface area contributed by atoms with Crippen LogP contribution < -0.4 is 4.74 Å². The Kier molecular flexibility index (Phi) is 2.76. The summed E-state index contributed by atoms with van der Waals surface area (Å²) in [6.07, 6.45) is 2.88. The van der Waals surface area contributed by atoms with E-state index < -0.39 is 0 Å². The summed E-state index contributed by atoms with van der Waals surface area (Å²) in [4.78, 5) is 11.4. The van der Waals surface area contributed by atoms with Crippen molar-refractivity contribution in [3.8, 4) is 5.88 Å². The predicted octanol–water partition coefficient (Wildman–Crippen LogP) is 0.475. The van der Waals surface area contributed by atoms with Crippen molar-refractivity contribution in [3.05, 3.63) is 18.1 Å². The standard InChI is InChI=1S/C6H8N2O3/c1-10-6-5(3-11-9)2-7-4-8-6/h2,4,9H,3H2,1H3. The van der Waals surface area contributed by atoms with Gasteiger partial charge in [-0.05, 0) is 0 Å². The Hall–Kier alpha value is -1.20. The number of rotatable bonds is 3. The van der Waals surface area contributed by atoms with E-state index in [-0.39, 0.29) is 6.61 Å². The quantitative estimate of drug-likeness (QED) is 0.509. The average Bonchev–Trinajstić information content (AvgIpc) is 2.06. The third-order valence-electron chi connectivity index (χ3n) is 1.16. The smallest absolute Gasteiger partial charge is 0.221 e. The molecular weight excluding hydrogens is 148 g/mol. The van der Waals surface area contributed by atoms with E-state index in [1.54, 1.807) is 0 Å². The summed E-state index contributed by atoms with van der Waals surface area (Å²) in [7, 11) is 1.49. The van der Waals surface area contributed by atoms with Gasteiger partial charge in [-0.15, -0.1) is 0 Å². The van der Waals surface area contributed by atoms with Gasteiger partial charge in [0.15, 0.2) is 0 Å². The minimum absolute atomic E-state index is 0.0318. The molecule has 0 bridgehead atoms. The van der Waals surface area contributed by atoms with Crippen LogP contribution in [0.1, 0.15) is 5.56 Å². The SMILES string of the molecule is COc1ncncc1COO. The zero-order valence-electron chi connectivity index (χ0n) is 6.02. The van der Waals surface area contributed by atoms with Crippen molar-refractivity contribution in [2.75, 3.05) is 7.11 Å². The van der Waals surface area contributed by atoms with E-state index in [0.29, 0.717) is 11.4 Å². The molecule has 0 fully saturated rings. The van der Waals surface area contributed by atoms with Crippen LogP contribution in [0.2, 0.25) is 0 Å². The maximum Gasteiger partial charge on any atom is 0.221 e. The molecule has 60 valence electrons. The predicted molar refractivity (Wildman–Crippen MR) is 36.0 cm³/mol. The maximum absolute atomic E-state index is 8.13. The molecule has 0 spiro atoms. The molecule has 0 radical (unpaired) electrons. The van der Waals surface area contributed by atoms with Crippen LogP contribution in [0.4, 0.5) is 0 Å². The summed E-state index contributed by atoms with van der Waals surface area (Å²) in [6, 6.07) is 0. The van der Waals surface area contributed by atoms with Crippen molar-refractivity contribution in [2.24, 2.45) is 0 Å². The number of methoxy groups -OCH3 is 1. The Balaban J connectivity index is 2.83. The molecule has 1 N–H and O–H groups in total. The van der Waals surface area contributed by atoms with Crippen LogP contribution in [-0.4, -0.2) is 22.3 Å². The second-order valence-electron chi connectivity index (χ2n) is 1.83. The van der Waals surface area contributed by atoms with Crippen molar-refractivity contribution in [3.63, 3.8) is 0 Å². The summed E-state index contributed by atoms with van der Waals surface area (Å²) >= 11 is 0. The summed E-state index contributed by atoms with van der Waals surface area (Å²) in [6.45, 7) is 0.0318. The largest absolute Gasteiger partial charge is 0.481 e. The highest BCUT2D eigenvalue weighted by molar-refractivity contribution is 5.20. The van der Waals surface area contributed by atoms with Crippen molar-refractivity contribution in [1.29, 1.82) is 0 Å². The van der Waals surface area contributed by atoms with Gasteiger partial charge in [-0.1, -0.05) is 0 Å². The molecule has 0 amide bonds. The molecule has 0 aliphatic heterocycles. The van der Waals surface area contributed by atoms with Gasteiger partial charge in [0.2, 0.25) is 5.88 Å². The molecule has 11 heavy (non-hydrogen) atoms. The zero-order chi connectivity index (χ0) is 8.10. The lowest BCUT2D eigenvalue weighted by Crippen LogP contribution is -1.97. The topological polar surface area (TPSA) is 64.5 Å². The fraction of sp³-hybridized carbons (Fsp3) is 0.333. The highest BCUT2D eigenvalue weighted by Gasteiger charge is 2.02.